The number of rotatable bonds is 3. The number of nitrogens with one attached hydrogen (secondary N) is 1. The van der Waals surface area contributed by atoms with Crippen molar-refractivity contribution in [3.8, 4) is 0 Å². The molecule has 3 aromatic rings. The third-order valence-electron chi connectivity index (χ3n) is 4.71. The van der Waals surface area contributed by atoms with Crippen molar-refractivity contribution in [3.05, 3.63) is 47.2 Å². The predicted octanol–water partition coefficient (Wildman–Crippen LogP) is 3.65. The van der Waals surface area contributed by atoms with E-state index in [0.29, 0.717) is 47.0 Å². The van der Waals surface area contributed by atoms with Crippen LogP contribution in [0, 0.1) is 5.92 Å². The minimum Gasteiger partial charge on any atom is -0.354 e. The molecule has 11 heteroatoms. The molecule has 0 spiro atoms. The molecule has 2 aromatic heterocycles. The van der Waals surface area contributed by atoms with Gasteiger partial charge in [0.05, 0.1) is 5.92 Å². The van der Waals surface area contributed by atoms with Gasteiger partial charge in [-0.1, -0.05) is 17.7 Å². The Morgan fingerprint density at radius 1 is 1.21 bits per heavy atom. The number of anilines is 2. The van der Waals surface area contributed by atoms with Gasteiger partial charge in [0.15, 0.2) is 5.65 Å². The fourth-order valence-electron chi connectivity index (χ4n) is 3.33. The standard InChI is InChI=1S/C18H16ClF3N6O/c19-12-4-1-5-13(9-12)23-16(29)11-3-2-8-27(10-11)15-7-6-14-24-25-17(18(20,21)22)28(14)26-15/h1,4-7,9,11H,2-3,8,10H2,(H,23,29)/t11-/m1/s1. The number of alkyl halides is 3. The average Bonchev–Trinajstić information content (AvgIpc) is 3.12. The predicted molar refractivity (Wildman–Crippen MR) is 101 cm³/mol. The molecule has 0 bridgehead atoms. The zero-order valence-corrected chi connectivity index (χ0v) is 15.8. The number of hydrogen-bond donors (Lipinski definition) is 1. The Hall–Kier alpha value is -2.88. The quantitative estimate of drug-likeness (QED) is 0.694. The largest absolute Gasteiger partial charge is 0.453 e. The fourth-order valence-corrected chi connectivity index (χ4v) is 3.52. The number of fused-ring (bicyclic) bond motifs is 1. The molecule has 7 nitrogen and oxygen atoms in total. The van der Waals surface area contributed by atoms with Crippen molar-refractivity contribution in [3.63, 3.8) is 0 Å². The Morgan fingerprint density at radius 2 is 2.03 bits per heavy atom. The molecule has 0 aliphatic carbocycles. The van der Waals surface area contributed by atoms with Gasteiger partial charge in [0.1, 0.15) is 5.82 Å². The maximum absolute atomic E-state index is 13.1. The van der Waals surface area contributed by atoms with E-state index in [1.807, 2.05) is 0 Å². The highest BCUT2D eigenvalue weighted by Crippen LogP contribution is 2.29. The SMILES string of the molecule is O=C(Nc1cccc(Cl)c1)[C@@H]1CCCN(c2ccc3nnc(C(F)(F)F)n3n2)C1. The second kappa shape index (κ2) is 7.51. The number of halogens is 4. The average molecular weight is 425 g/mol. The molecule has 29 heavy (non-hydrogen) atoms. The van der Waals surface area contributed by atoms with Gasteiger partial charge >= 0.3 is 6.18 Å². The van der Waals surface area contributed by atoms with Crippen LogP contribution in [0.25, 0.3) is 5.65 Å². The molecule has 1 saturated heterocycles. The zero-order chi connectivity index (χ0) is 20.6. The Morgan fingerprint density at radius 3 is 2.79 bits per heavy atom. The van der Waals surface area contributed by atoms with Crippen molar-refractivity contribution in [2.75, 3.05) is 23.3 Å². The number of piperidine rings is 1. The van der Waals surface area contributed by atoms with Gasteiger partial charge in [-0.05, 0) is 43.2 Å². The van der Waals surface area contributed by atoms with E-state index in [-0.39, 0.29) is 17.5 Å². The van der Waals surface area contributed by atoms with Crippen LogP contribution in [0.5, 0.6) is 0 Å². The lowest BCUT2D eigenvalue weighted by Gasteiger charge is -2.32. The fraction of sp³-hybridized carbons (Fsp3) is 0.333. The first-order valence-electron chi connectivity index (χ1n) is 8.92. The van der Waals surface area contributed by atoms with Crippen molar-refractivity contribution in [1.29, 1.82) is 0 Å². The zero-order valence-electron chi connectivity index (χ0n) is 15.0. The lowest BCUT2D eigenvalue weighted by Crippen LogP contribution is -2.41. The minimum absolute atomic E-state index is 0.00772. The van der Waals surface area contributed by atoms with E-state index in [1.54, 1.807) is 35.2 Å². The molecule has 1 aliphatic heterocycles. The van der Waals surface area contributed by atoms with Gasteiger partial charge in [-0.15, -0.1) is 15.3 Å². The molecule has 1 aliphatic rings. The van der Waals surface area contributed by atoms with Gasteiger partial charge in [0.2, 0.25) is 5.91 Å². The lowest BCUT2D eigenvalue weighted by atomic mass is 9.97. The van der Waals surface area contributed by atoms with E-state index in [1.165, 1.54) is 6.07 Å². The molecule has 4 rings (SSSR count). The number of carbonyl (C=O) groups is 1. The summed E-state index contributed by atoms with van der Waals surface area (Å²) in [5, 5.41) is 14.1. The van der Waals surface area contributed by atoms with Crippen LogP contribution in [-0.4, -0.2) is 38.8 Å². The first kappa shape index (κ1) is 19.4. The van der Waals surface area contributed by atoms with Gasteiger partial charge in [-0.3, -0.25) is 4.79 Å². The van der Waals surface area contributed by atoms with Crippen molar-refractivity contribution in [2.45, 2.75) is 19.0 Å². The van der Waals surface area contributed by atoms with Crippen molar-refractivity contribution in [1.82, 2.24) is 19.8 Å². The highest BCUT2D eigenvalue weighted by atomic mass is 35.5. The second-order valence-electron chi connectivity index (χ2n) is 6.77. The van der Waals surface area contributed by atoms with Crippen LogP contribution in [0.4, 0.5) is 24.7 Å². The van der Waals surface area contributed by atoms with Crippen LogP contribution in [0.15, 0.2) is 36.4 Å². The molecule has 3 heterocycles. The third-order valence-corrected chi connectivity index (χ3v) is 4.95. The Bertz CT molecular complexity index is 1050. The molecule has 1 amide bonds. The number of amides is 1. The summed E-state index contributed by atoms with van der Waals surface area (Å²) in [7, 11) is 0. The topological polar surface area (TPSA) is 75.4 Å². The molecule has 152 valence electrons. The van der Waals surface area contributed by atoms with Crippen LogP contribution in [-0.2, 0) is 11.0 Å². The normalized spacial score (nSPS) is 17.5. The summed E-state index contributed by atoms with van der Waals surface area (Å²) in [6.07, 6.45) is -3.28. The summed E-state index contributed by atoms with van der Waals surface area (Å²) in [4.78, 5) is 14.4. The monoisotopic (exact) mass is 424 g/mol. The summed E-state index contributed by atoms with van der Waals surface area (Å²) in [5.41, 5.74) is 0.604. The smallest absolute Gasteiger partial charge is 0.354 e. The van der Waals surface area contributed by atoms with Crippen molar-refractivity contribution in [2.24, 2.45) is 5.92 Å². The summed E-state index contributed by atoms with van der Waals surface area (Å²) >= 11 is 5.94. The highest BCUT2D eigenvalue weighted by Gasteiger charge is 2.38. The molecular formula is C18H16ClF3N6O. The van der Waals surface area contributed by atoms with Gasteiger partial charge in [-0.25, -0.2) is 0 Å². The van der Waals surface area contributed by atoms with E-state index in [4.69, 9.17) is 11.6 Å². The molecule has 0 unspecified atom stereocenters. The Balaban J connectivity index is 1.53. The summed E-state index contributed by atoms with van der Waals surface area (Å²) in [5.74, 6) is -1.34. The van der Waals surface area contributed by atoms with E-state index in [2.05, 4.69) is 20.6 Å². The minimum atomic E-state index is -4.66. The summed E-state index contributed by atoms with van der Waals surface area (Å²) in [6, 6.07) is 9.86. The van der Waals surface area contributed by atoms with Crippen molar-refractivity contribution < 1.29 is 18.0 Å². The first-order valence-corrected chi connectivity index (χ1v) is 9.30. The van der Waals surface area contributed by atoms with Crippen LogP contribution < -0.4 is 10.2 Å². The van der Waals surface area contributed by atoms with Crippen LogP contribution in [0.2, 0.25) is 5.02 Å². The Kier molecular flexibility index (Phi) is 5.03. The molecule has 1 atom stereocenters. The number of benzene rings is 1. The number of nitrogens with zero attached hydrogens (tertiary/aromatic N) is 5. The van der Waals surface area contributed by atoms with E-state index >= 15 is 0 Å². The summed E-state index contributed by atoms with van der Waals surface area (Å²) in [6.45, 7) is 0.928. The van der Waals surface area contributed by atoms with Gasteiger partial charge in [0.25, 0.3) is 5.82 Å². The molecule has 1 fully saturated rings. The molecule has 0 radical (unpaired) electrons. The van der Waals surface area contributed by atoms with E-state index in [9.17, 15) is 18.0 Å². The van der Waals surface area contributed by atoms with E-state index in [0.717, 1.165) is 0 Å². The molecular weight excluding hydrogens is 409 g/mol. The van der Waals surface area contributed by atoms with Gasteiger partial charge < -0.3 is 10.2 Å². The van der Waals surface area contributed by atoms with Crippen LogP contribution >= 0.6 is 11.6 Å². The maximum atomic E-state index is 13.1. The molecule has 1 aromatic carbocycles. The molecule has 0 saturated carbocycles. The molecule has 1 N–H and O–H groups in total. The Labute approximate surface area is 168 Å². The second-order valence-corrected chi connectivity index (χ2v) is 7.20. The van der Waals surface area contributed by atoms with Gasteiger partial charge in [0, 0.05) is 23.8 Å². The number of hydrogen-bond acceptors (Lipinski definition) is 5. The lowest BCUT2D eigenvalue weighted by molar-refractivity contribution is -0.146. The van der Waals surface area contributed by atoms with Crippen LogP contribution in [0.3, 0.4) is 0 Å². The number of aromatic nitrogens is 4. The third kappa shape index (κ3) is 4.12. The highest BCUT2D eigenvalue weighted by molar-refractivity contribution is 6.30. The maximum Gasteiger partial charge on any atom is 0.453 e. The number of carbonyl (C=O) groups excluding carboxylic acids is 1. The van der Waals surface area contributed by atoms with Crippen molar-refractivity contribution >= 4 is 34.7 Å². The van der Waals surface area contributed by atoms with E-state index < -0.39 is 12.0 Å². The van der Waals surface area contributed by atoms with Gasteiger partial charge in [-0.2, -0.15) is 17.7 Å². The summed E-state index contributed by atoms with van der Waals surface area (Å²) < 4.78 is 40.0. The first-order chi connectivity index (χ1) is 13.8. The van der Waals surface area contributed by atoms with Crippen LogP contribution in [0.1, 0.15) is 18.7 Å².